The van der Waals surface area contributed by atoms with Crippen LogP contribution >= 0.6 is 0 Å². The molecule has 0 radical (unpaired) electrons. The van der Waals surface area contributed by atoms with Gasteiger partial charge in [-0.1, -0.05) is 24.1 Å². The topological polar surface area (TPSA) is 69.6 Å². The van der Waals surface area contributed by atoms with Gasteiger partial charge < -0.3 is 10.4 Å². The Hall–Kier alpha value is -2.32. The molecule has 5 heteroatoms. The van der Waals surface area contributed by atoms with Crippen molar-refractivity contribution in [1.82, 2.24) is 10.2 Å². The molecule has 1 amide bonds. The molecule has 0 aliphatic rings. The minimum atomic E-state index is -0.935. The molecule has 0 heterocycles. The molecular formula is C15H18N2O3. The highest BCUT2D eigenvalue weighted by Gasteiger charge is 2.10. The summed E-state index contributed by atoms with van der Waals surface area (Å²) < 4.78 is 0. The zero-order chi connectivity index (χ0) is 15.0. The second-order valence-corrected chi connectivity index (χ2v) is 4.43. The Morgan fingerprint density at radius 2 is 2.10 bits per heavy atom. The second-order valence-electron chi connectivity index (χ2n) is 4.43. The minimum Gasteiger partial charge on any atom is -0.478 e. The fraction of sp³-hybridized carbons (Fsp3) is 0.333. The lowest BCUT2D eigenvalue weighted by Crippen LogP contribution is -2.36. The third kappa shape index (κ3) is 5.12. The van der Waals surface area contributed by atoms with Crippen molar-refractivity contribution in [2.24, 2.45) is 0 Å². The molecule has 0 bridgehead atoms. The number of hydrogen-bond donors (Lipinski definition) is 2. The fourth-order valence-corrected chi connectivity index (χ4v) is 1.79. The van der Waals surface area contributed by atoms with Gasteiger partial charge in [0.2, 0.25) is 5.91 Å². The molecular weight excluding hydrogens is 256 g/mol. The summed E-state index contributed by atoms with van der Waals surface area (Å²) in [4.78, 5) is 24.3. The molecule has 0 aromatic heterocycles. The van der Waals surface area contributed by atoms with E-state index in [0.29, 0.717) is 18.5 Å². The number of carbonyl (C=O) groups is 2. The van der Waals surface area contributed by atoms with Gasteiger partial charge in [-0.25, -0.2) is 4.79 Å². The summed E-state index contributed by atoms with van der Waals surface area (Å²) in [6, 6.07) is 6.87. The van der Waals surface area contributed by atoms with Gasteiger partial charge in [0.15, 0.2) is 0 Å². The lowest BCUT2D eigenvalue weighted by atomic mass is 10.0. The average molecular weight is 274 g/mol. The van der Waals surface area contributed by atoms with E-state index in [1.54, 1.807) is 31.3 Å². The summed E-state index contributed by atoms with van der Waals surface area (Å²) in [5, 5.41) is 11.7. The van der Waals surface area contributed by atoms with Crippen molar-refractivity contribution < 1.29 is 14.7 Å². The SMILES string of the molecule is C#CCNC(=O)CN(C)CCc1ccccc1C(=O)O. The third-order valence-electron chi connectivity index (χ3n) is 2.81. The number of terminal acetylenes is 1. The first-order valence-electron chi connectivity index (χ1n) is 6.24. The summed E-state index contributed by atoms with van der Waals surface area (Å²) >= 11 is 0. The van der Waals surface area contributed by atoms with Gasteiger partial charge in [-0.15, -0.1) is 6.42 Å². The van der Waals surface area contributed by atoms with Crippen LogP contribution in [0.2, 0.25) is 0 Å². The van der Waals surface area contributed by atoms with Gasteiger partial charge in [0, 0.05) is 6.54 Å². The molecule has 1 rings (SSSR count). The molecule has 106 valence electrons. The largest absolute Gasteiger partial charge is 0.478 e. The maximum absolute atomic E-state index is 11.5. The number of nitrogens with one attached hydrogen (secondary N) is 1. The molecule has 1 aromatic carbocycles. The molecule has 0 spiro atoms. The van der Waals surface area contributed by atoms with Crippen molar-refractivity contribution in [1.29, 1.82) is 0 Å². The zero-order valence-corrected chi connectivity index (χ0v) is 11.4. The lowest BCUT2D eigenvalue weighted by Gasteiger charge is -2.16. The number of aromatic carboxylic acids is 1. The molecule has 2 N–H and O–H groups in total. The Morgan fingerprint density at radius 1 is 1.40 bits per heavy atom. The van der Waals surface area contributed by atoms with Crippen LogP contribution < -0.4 is 5.32 Å². The summed E-state index contributed by atoms with van der Waals surface area (Å²) in [6.45, 7) is 1.04. The van der Waals surface area contributed by atoms with E-state index in [1.807, 2.05) is 4.90 Å². The van der Waals surface area contributed by atoms with Gasteiger partial charge in [0.05, 0.1) is 18.7 Å². The number of rotatable bonds is 7. The van der Waals surface area contributed by atoms with Crippen LogP contribution in [0.4, 0.5) is 0 Å². The predicted octanol–water partition coefficient (Wildman–Crippen LogP) is 0.608. The van der Waals surface area contributed by atoms with Crippen molar-refractivity contribution in [2.75, 3.05) is 26.7 Å². The number of carbonyl (C=O) groups excluding carboxylic acids is 1. The van der Waals surface area contributed by atoms with Crippen LogP contribution in [-0.2, 0) is 11.2 Å². The maximum Gasteiger partial charge on any atom is 0.335 e. The van der Waals surface area contributed by atoms with Crippen LogP contribution in [0.15, 0.2) is 24.3 Å². The van der Waals surface area contributed by atoms with E-state index in [4.69, 9.17) is 11.5 Å². The molecule has 0 fully saturated rings. The molecule has 0 atom stereocenters. The Bertz CT molecular complexity index is 520. The van der Waals surface area contributed by atoms with Gasteiger partial charge in [-0.2, -0.15) is 0 Å². The Balaban J connectivity index is 2.49. The summed E-state index contributed by atoms with van der Waals surface area (Å²) in [5.74, 6) is 1.26. The quantitative estimate of drug-likeness (QED) is 0.715. The summed E-state index contributed by atoms with van der Waals surface area (Å²) in [6.07, 6.45) is 5.62. The van der Waals surface area contributed by atoms with Crippen LogP contribution in [-0.4, -0.2) is 48.6 Å². The van der Waals surface area contributed by atoms with Crippen LogP contribution in [0.25, 0.3) is 0 Å². The average Bonchev–Trinajstić information content (AvgIpc) is 2.43. The van der Waals surface area contributed by atoms with E-state index in [2.05, 4.69) is 11.2 Å². The highest BCUT2D eigenvalue weighted by molar-refractivity contribution is 5.89. The van der Waals surface area contributed by atoms with Crippen LogP contribution in [0.3, 0.4) is 0 Å². The smallest absolute Gasteiger partial charge is 0.335 e. The minimum absolute atomic E-state index is 0.142. The van der Waals surface area contributed by atoms with Gasteiger partial charge in [-0.3, -0.25) is 9.69 Å². The van der Waals surface area contributed by atoms with Crippen molar-refractivity contribution in [3.05, 3.63) is 35.4 Å². The van der Waals surface area contributed by atoms with Crippen molar-refractivity contribution in [3.63, 3.8) is 0 Å². The molecule has 0 saturated heterocycles. The van der Waals surface area contributed by atoms with E-state index in [0.717, 1.165) is 5.56 Å². The van der Waals surface area contributed by atoms with Crippen LogP contribution in [0.5, 0.6) is 0 Å². The van der Waals surface area contributed by atoms with Gasteiger partial charge >= 0.3 is 5.97 Å². The Labute approximate surface area is 118 Å². The van der Waals surface area contributed by atoms with E-state index >= 15 is 0 Å². The van der Waals surface area contributed by atoms with Gasteiger partial charge in [0.1, 0.15) is 0 Å². The molecule has 1 aromatic rings. The summed E-state index contributed by atoms with van der Waals surface area (Å²) in [5.41, 5.74) is 1.06. The molecule has 0 aliphatic carbocycles. The molecule has 20 heavy (non-hydrogen) atoms. The Kier molecular flexibility index (Phi) is 6.27. The van der Waals surface area contributed by atoms with E-state index in [-0.39, 0.29) is 19.0 Å². The first-order chi connectivity index (χ1) is 9.54. The molecule has 0 unspecified atom stereocenters. The second kappa shape index (κ2) is 7.97. The zero-order valence-electron chi connectivity index (χ0n) is 11.4. The number of carboxylic acids is 1. The first kappa shape index (κ1) is 15.7. The monoisotopic (exact) mass is 274 g/mol. The number of amides is 1. The maximum atomic E-state index is 11.5. The molecule has 0 aliphatic heterocycles. The Morgan fingerprint density at radius 3 is 2.75 bits per heavy atom. The number of benzene rings is 1. The normalized spacial score (nSPS) is 10.1. The van der Waals surface area contributed by atoms with Crippen molar-refractivity contribution >= 4 is 11.9 Å². The van der Waals surface area contributed by atoms with Gasteiger partial charge in [0.25, 0.3) is 0 Å². The first-order valence-corrected chi connectivity index (χ1v) is 6.24. The highest BCUT2D eigenvalue weighted by atomic mass is 16.4. The van der Waals surface area contributed by atoms with E-state index in [1.165, 1.54) is 0 Å². The third-order valence-corrected chi connectivity index (χ3v) is 2.81. The van der Waals surface area contributed by atoms with Crippen LogP contribution in [0.1, 0.15) is 15.9 Å². The van der Waals surface area contributed by atoms with Crippen molar-refractivity contribution in [2.45, 2.75) is 6.42 Å². The standard InChI is InChI=1S/C15H18N2O3/c1-3-9-16-14(18)11-17(2)10-8-12-6-4-5-7-13(12)15(19)20/h1,4-7H,8-11H2,2H3,(H,16,18)(H,19,20). The molecule has 5 nitrogen and oxygen atoms in total. The highest BCUT2D eigenvalue weighted by Crippen LogP contribution is 2.09. The lowest BCUT2D eigenvalue weighted by molar-refractivity contribution is -0.121. The van der Waals surface area contributed by atoms with Crippen molar-refractivity contribution in [3.8, 4) is 12.3 Å². The summed E-state index contributed by atoms with van der Waals surface area (Å²) in [7, 11) is 1.80. The van der Waals surface area contributed by atoms with Gasteiger partial charge in [-0.05, 0) is 25.1 Å². The van der Waals surface area contributed by atoms with E-state index in [9.17, 15) is 9.59 Å². The number of hydrogen-bond acceptors (Lipinski definition) is 3. The molecule has 0 saturated carbocycles. The fourth-order valence-electron chi connectivity index (χ4n) is 1.79. The number of nitrogens with zero attached hydrogens (tertiary/aromatic N) is 1. The predicted molar refractivity (Wildman–Crippen MR) is 76.4 cm³/mol. The van der Waals surface area contributed by atoms with E-state index < -0.39 is 5.97 Å². The van der Waals surface area contributed by atoms with Crippen LogP contribution in [0, 0.1) is 12.3 Å². The number of likely N-dealkylation sites (N-methyl/N-ethyl adjacent to an activating group) is 1. The number of carboxylic acid groups (broad SMARTS) is 1.